The first-order valence-corrected chi connectivity index (χ1v) is 6.06. The van der Waals surface area contributed by atoms with Gasteiger partial charge in [0.05, 0.1) is 6.20 Å². The van der Waals surface area contributed by atoms with Gasteiger partial charge < -0.3 is 5.11 Å². The second-order valence-electron chi connectivity index (χ2n) is 3.70. The van der Waals surface area contributed by atoms with Gasteiger partial charge in [0.1, 0.15) is 11.9 Å². The molecule has 0 aliphatic carbocycles. The minimum absolute atomic E-state index is 0.336. The molecule has 2 aromatic rings. The minimum atomic E-state index is -0.801. The van der Waals surface area contributed by atoms with E-state index in [9.17, 15) is 9.50 Å². The SMILES string of the molecule is CCn1cc(C(O)c2ccc(F)cc2Br)cn1. The molecule has 2 rings (SSSR count). The van der Waals surface area contributed by atoms with E-state index in [1.54, 1.807) is 23.1 Å². The van der Waals surface area contributed by atoms with Gasteiger partial charge in [0, 0.05) is 22.8 Å². The Morgan fingerprint density at radius 2 is 2.29 bits per heavy atom. The highest BCUT2D eigenvalue weighted by molar-refractivity contribution is 9.10. The summed E-state index contributed by atoms with van der Waals surface area (Å²) in [6.07, 6.45) is 2.59. The van der Waals surface area contributed by atoms with Gasteiger partial charge in [0.15, 0.2) is 0 Å². The molecule has 90 valence electrons. The predicted octanol–water partition coefficient (Wildman–Crippen LogP) is 2.89. The first-order valence-electron chi connectivity index (χ1n) is 5.27. The molecule has 0 spiro atoms. The summed E-state index contributed by atoms with van der Waals surface area (Å²) in [4.78, 5) is 0. The first-order chi connectivity index (χ1) is 8.11. The van der Waals surface area contributed by atoms with Crippen LogP contribution in [0.5, 0.6) is 0 Å². The molecule has 17 heavy (non-hydrogen) atoms. The number of aliphatic hydroxyl groups is 1. The van der Waals surface area contributed by atoms with E-state index in [1.807, 2.05) is 6.92 Å². The lowest BCUT2D eigenvalue weighted by Gasteiger charge is -2.10. The van der Waals surface area contributed by atoms with Crippen LogP contribution in [0.4, 0.5) is 4.39 Å². The molecule has 0 saturated heterocycles. The van der Waals surface area contributed by atoms with Crippen LogP contribution in [-0.2, 0) is 6.54 Å². The number of halogens is 2. The van der Waals surface area contributed by atoms with Crippen LogP contribution < -0.4 is 0 Å². The predicted molar refractivity (Wildman–Crippen MR) is 66.1 cm³/mol. The van der Waals surface area contributed by atoms with Crippen LogP contribution in [0.15, 0.2) is 35.1 Å². The fourth-order valence-electron chi connectivity index (χ4n) is 1.60. The largest absolute Gasteiger partial charge is 0.383 e. The summed E-state index contributed by atoms with van der Waals surface area (Å²) in [5.74, 6) is -0.336. The van der Waals surface area contributed by atoms with Crippen LogP contribution in [0.25, 0.3) is 0 Å². The van der Waals surface area contributed by atoms with Gasteiger partial charge in [-0.15, -0.1) is 0 Å². The van der Waals surface area contributed by atoms with E-state index < -0.39 is 6.10 Å². The number of aromatic nitrogens is 2. The van der Waals surface area contributed by atoms with Crippen molar-refractivity contribution in [3.63, 3.8) is 0 Å². The monoisotopic (exact) mass is 298 g/mol. The highest BCUT2D eigenvalue weighted by Gasteiger charge is 2.15. The van der Waals surface area contributed by atoms with Crippen LogP contribution in [0.3, 0.4) is 0 Å². The van der Waals surface area contributed by atoms with E-state index in [0.29, 0.717) is 15.6 Å². The molecule has 5 heteroatoms. The van der Waals surface area contributed by atoms with E-state index in [-0.39, 0.29) is 5.82 Å². The number of aryl methyl sites for hydroxylation is 1. The zero-order valence-electron chi connectivity index (χ0n) is 9.27. The van der Waals surface area contributed by atoms with E-state index in [1.165, 1.54) is 12.1 Å². The third-order valence-corrected chi connectivity index (χ3v) is 3.24. The maximum Gasteiger partial charge on any atom is 0.124 e. The summed E-state index contributed by atoms with van der Waals surface area (Å²) >= 11 is 3.24. The molecule has 0 bridgehead atoms. The van der Waals surface area contributed by atoms with Crippen molar-refractivity contribution in [1.29, 1.82) is 0 Å². The number of aliphatic hydroxyl groups excluding tert-OH is 1. The van der Waals surface area contributed by atoms with E-state index in [0.717, 1.165) is 6.54 Å². The maximum atomic E-state index is 12.9. The van der Waals surface area contributed by atoms with Crippen LogP contribution in [0, 0.1) is 5.82 Å². The Kier molecular flexibility index (Phi) is 3.59. The number of hydrogen-bond donors (Lipinski definition) is 1. The maximum absolute atomic E-state index is 12.9. The van der Waals surface area contributed by atoms with Gasteiger partial charge in [0.25, 0.3) is 0 Å². The summed E-state index contributed by atoms with van der Waals surface area (Å²) < 4.78 is 15.2. The van der Waals surface area contributed by atoms with Gasteiger partial charge in [0.2, 0.25) is 0 Å². The highest BCUT2D eigenvalue weighted by Crippen LogP contribution is 2.28. The van der Waals surface area contributed by atoms with Crippen LogP contribution in [-0.4, -0.2) is 14.9 Å². The van der Waals surface area contributed by atoms with Gasteiger partial charge in [-0.2, -0.15) is 5.10 Å². The molecule has 0 aliphatic heterocycles. The number of hydrogen-bond acceptors (Lipinski definition) is 2. The van der Waals surface area contributed by atoms with Crippen molar-refractivity contribution in [2.75, 3.05) is 0 Å². The molecule has 0 aliphatic rings. The molecule has 1 aromatic carbocycles. The molecule has 0 saturated carbocycles. The van der Waals surface area contributed by atoms with Crippen LogP contribution in [0.1, 0.15) is 24.2 Å². The minimum Gasteiger partial charge on any atom is -0.383 e. The average Bonchev–Trinajstić information content (AvgIpc) is 2.76. The summed E-state index contributed by atoms with van der Waals surface area (Å²) in [5, 5.41) is 14.3. The third kappa shape index (κ3) is 2.56. The molecule has 1 heterocycles. The smallest absolute Gasteiger partial charge is 0.124 e. The second kappa shape index (κ2) is 4.98. The summed E-state index contributed by atoms with van der Waals surface area (Å²) in [7, 11) is 0. The Balaban J connectivity index is 2.33. The van der Waals surface area contributed by atoms with E-state index >= 15 is 0 Å². The number of rotatable bonds is 3. The number of benzene rings is 1. The van der Waals surface area contributed by atoms with E-state index in [2.05, 4.69) is 21.0 Å². The molecule has 0 fully saturated rings. The topological polar surface area (TPSA) is 38.0 Å². The zero-order valence-corrected chi connectivity index (χ0v) is 10.9. The third-order valence-electron chi connectivity index (χ3n) is 2.55. The average molecular weight is 299 g/mol. The second-order valence-corrected chi connectivity index (χ2v) is 4.55. The normalized spacial score (nSPS) is 12.7. The van der Waals surface area contributed by atoms with Crippen LogP contribution >= 0.6 is 15.9 Å². The van der Waals surface area contributed by atoms with Crippen LogP contribution in [0.2, 0.25) is 0 Å². The van der Waals surface area contributed by atoms with Gasteiger partial charge >= 0.3 is 0 Å². The fraction of sp³-hybridized carbons (Fsp3) is 0.250. The van der Waals surface area contributed by atoms with Gasteiger partial charge in [-0.05, 0) is 24.6 Å². The molecule has 0 radical (unpaired) electrons. The van der Waals surface area contributed by atoms with Crippen molar-refractivity contribution in [3.8, 4) is 0 Å². The molecule has 3 nitrogen and oxygen atoms in total. The van der Waals surface area contributed by atoms with Crippen molar-refractivity contribution in [1.82, 2.24) is 9.78 Å². The number of nitrogens with zero attached hydrogens (tertiary/aromatic N) is 2. The molecule has 1 unspecified atom stereocenters. The Morgan fingerprint density at radius 3 is 2.88 bits per heavy atom. The van der Waals surface area contributed by atoms with Gasteiger partial charge in [-0.1, -0.05) is 22.0 Å². The van der Waals surface area contributed by atoms with Crippen molar-refractivity contribution in [2.45, 2.75) is 19.6 Å². The molecule has 1 N–H and O–H groups in total. The fourth-order valence-corrected chi connectivity index (χ4v) is 2.16. The summed E-state index contributed by atoms with van der Waals surface area (Å²) in [5.41, 5.74) is 1.32. The molecule has 0 amide bonds. The van der Waals surface area contributed by atoms with Crippen molar-refractivity contribution in [3.05, 3.63) is 52.0 Å². The van der Waals surface area contributed by atoms with Crippen molar-refractivity contribution < 1.29 is 9.50 Å². The van der Waals surface area contributed by atoms with Crippen molar-refractivity contribution >= 4 is 15.9 Å². The Morgan fingerprint density at radius 1 is 1.53 bits per heavy atom. The molecular weight excluding hydrogens is 287 g/mol. The Labute approximate surface area is 107 Å². The lowest BCUT2D eigenvalue weighted by atomic mass is 10.0. The van der Waals surface area contributed by atoms with Crippen molar-refractivity contribution in [2.24, 2.45) is 0 Å². The Bertz CT molecular complexity index is 527. The molecule has 1 aromatic heterocycles. The standard InChI is InChI=1S/C12H12BrFN2O/c1-2-16-7-8(6-15-16)12(17)10-4-3-9(14)5-11(10)13/h3-7,12,17H,2H2,1H3. The zero-order chi connectivity index (χ0) is 12.4. The highest BCUT2D eigenvalue weighted by atomic mass is 79.9. The lowest BCUT2D eigenvalue weighted by Crippen LogP contribution is -2.00. The quantitative estimate of drug-likeness (QED) is 0.946. The first kappa shape index (κ1) is 12.3. The molecule has 1 atom stereocenters. The summed E-state index contributed by atoms with van der Waals surface area (Å²) in [6, 6.07) is 4.23. The lowest BCUT2D eigenvalue weighted by molar-refractivity contribution is 0.219. The Hall–Kier alpha value is -1.20. The summed E-state index contributed by atoms with van der Waals surface area (Å²) in [6.45, 7) is 2.72. The van der Waals surface area contributed by atoms with E-state index in [4.69, 9.17) is 0 Å². The molecular formula is C12H12BrFN2O. The van der Waals surface area contributed by atoms with Gasteiger partial charge in [-0.3, -0.25) is 4.68 Å². The van der Waals surface area contributed by atoms with Gasteiger partial charge in [-0.25, -0.2) is 4.39 Å².